The number of carbonyl (C=O) groups excluding carboxylic acids is 1. The fraction of sp³-hybridized carbons (Fsp3) is 0.520. The number of nitrogens with zero attached hydrogens (tertiary/aromatic N) is 1. The molecule has 6 nitrogen and oxygen atoms in total. The molecule has 1 amide bonds. The number of nitrogens with one attached hydrogen (secondary N) is 2. The number of hydrogen-bond acceptors (Lipinski definition) is 4. The van der Waals surface area contributed by atoms with E-state index in [9.17, 15) is 9.59 Å². The van der Waals surface area contributed by atoms with E-state index in [1.54, 1.807) is 31.0 Å². The molecule has 0 saturated carbocycles. The smallest absolute Gasteiger partial charge is 0.250 e. The van der Waals surface area contributed by atoms with E-state index in [-0.39, 0.29) is 23.3 Å². The first-order chi connectivity index (χ1) is 14.9. The van der Waals surface area contributed by atoms with Crippen LogP contribution in [0.25, 0.3) is 0 Å². The molecule has 1 aliphatic heterocycles. The zero-order chi connectivity index (χ0) is 22.4. The Morgan fingerprint density at radius 2 is 2.10 bits per heavy atom. The first-order valence-electron chi connectivity index (χ1n) is 11.1. The van der Waals surface area contributed by atoms with Crippen molar-refractivity contribution in [3.63, 3.8) is 0 Å². The van der Waals surface area contributed by atoms with Crippen molar-refractivity contribution < 1.29 is 9.53 Å². The third-order valence-corrected chi connectivity index (χ3v) is 6.48. The van der Waals surface area contributed by atoms with Crippen LogP contribution in [0.1, 0.15) is 46.6 Å². The summed E-state index contributed by atoms with van der Waals surface area (Å²) < 4.78 is 6.73. The van der Waals surface area contributed by atoms with Gasteiger partial charge in [-0.25, -0.2) is 0 Å². The van der Waals surface area contributed by atoms with Crippen LogP contribution < -0.4 is 16.2 Å². The maximum absolute atomic E-state index is 13.1. The number of aromatic nitrogens is 1. The number of pyridine rings is 1. The number of ether oxygens (including phenoxy) is 1. The molecule has 6 heteroatoms. The van der Waals surface area contributed by atoms with Gasteiger partial charge in [0, 0.05) is 46.1 Å². The minimum Gasteiger partial charge on any atom is -0.385 e. The summed E-state index contributed by atoms with van der Waals surface area (Å²) >= 11 is 0. The molecule has 2 atom stereocenters. The molecule has 168 valence electrons. The maximum atomic E-state index is 13.1. The van der Waals surface area contributed by atoms with Crippen LogP contribution in [0.4, 0.5) is 0 Å². The number of carbonyl (C=O) groups is 1. The van der Waals surface area contributed by atoms with Crippen LogP contribution in [0.2, 0.25) is 0 Å². The third kappa shape index (κ3) is 5.83. The largest absolute Gasteiger partial charge is 0.385 e. The number of aryl methyl sites for hydroxylation is 3. The molecule has 0 aliphatic carbocycles. The Bertz CT molecular complexity index is 967. The second-order valence-corrected chi connectivity index (χ2v) is 8.63. The van der Waals surface area contributed by atoms with Gasteiger partial charge in [-0.05, 0) is 79.5 Å². The van der Waals surface area contributed by atoms with E-state index in [0.717, 1.165) is 43.5 Å². The molecule has 2 unspecified atom stereocenters. The molecule has 1 aromatic carbocycles. The summed E-state index contributed by atoms with van der Waals surface area (Å²) in [6.45, 7) is 6.98. The minimum absolute atomic E-state index is 0.0356. The summed E-state index contributed by atoms with van der Waals surface area (Å²) in [5.74, 6) is -0.0924. The van der Waals surface area contributed by atoms with Crippen LogP contribution in [0.5, 0.6) is 0 Å². The highest BCUT2D eigenvalue weighted by Crippen LogP contribution is 2.30. The fourth-order valence-electron chi connectivity index (χ4n) is 4.40. The highest BCUT2D eigenvalue weighted by atomic mass is 16.5. The molecule has 31 heavy (non-hydrogen) atoms. The summed E-state index contributed by atoms with van der Waals surface area (Å²) in [7, 11) is 3.47. The summed E-state index contributed by atoms with van der Waals surface area (Å²) in [5.41, 5.74) is 5.83. The van der Waals surface area contributed by atoms with Crippen molar-refractivity contribution in [1.29, 1.82) is 0 Å². The number of piperidine rings is 1. The third-order valence-electron chi connectivity index (χ3n) is 6.48. The lowest BCUT2D eigenvalue weighted by atomic mass is 9.81. The molecule has 2 aromatic rings. The number of hydrogen-bond donors (Lipinski definition) is 2. The summed E-state index contributed by atoms with van der Waals surface area (Å²) in [6, 6.07) is 8.07. The molecule has 1 aliphatic rings. The van der Waals surface area contributed by atoms with Crippen molar-refractivity contribution in [3.8, 4) is 0 Å². The Balaban J connectivity index is 1.71. The van der Waals surface area contributed by atoms with Crippen LogP contribution >= 0.6 is 0 Å². The van der Waals surface area contributed by atoms with Crippen LogP contribution in [0, 0.1) is 19.8 Å². The normalized spacial score (nSPS) is 18.7. The van der Waals surface area contributed by atoms with E-state index < -0.39 is 0 Å². The average molecular weight is 426 g/mol. The second-order valence-electron chi connectivity index (χ2n) is 8.63. The van der Waals surface area contributed by atoms with Gasteiger partial charge in [-0.1, -0.05) is 12.1 Å². The minimum atomic E-state index is -0.188. The van der Waals surface area contributed by atoms with Crippen LogP contribution in [-0.2, 0) is 29.5 Å². The average Bonchev–Trinajstić information content (AvgIpc) is 2.77. The molecule has 2 heterocycles. The van der Waals surface area contributed by atoms with Crippen molar-refractivity contribution in [2.45, 2.75) is 45.6 Å². The zero-order valence-electron chi connectivity index (χ0n) is 19.2. The van der Waals surface area contributed by atoms with Gasteiger partial charge in [0.05, 0.1) is 5.92 Å². The first-order valence-corrected chi connectivity index (χ1v) is 11.1. The predicted molar refractivity (Wildman–Crippen MR) is 123 cm³/mol. The fourth-order valence-corrected chi connectivity index (χ4v) is 4.40. The van der Waals surface area contributed by atoms with Gasteiger partial charge in [0.1, 0.15) is 0 Å². The van der Waals surface area contributed by atoms with Crippen molar-refractivity contribution >= 4 is 5.91 Å². The lowest BCUT2D eigenvalue weighted by Gasteiger charge is -2.31. The molecule has 3 rings (SSSR count). The van der Waals surface area contributed by atoms with E-state index in [1.165, 1.54) is 16.7 Å². The SMILES string of the molecule is COCCCc1cc(C)c(C)c(CNC(=O)C2CNCCC2c2ccn(C)c(=O)c2)c1. The summed E-state index contributed by atoms with van der Waals surface area (Å²) in [6.07, 6.45) is 4.58. The highest BCUT2D eigenvalue weighted by Gasteiger charge is 2.32. The van der Waals surface area contributed by atoms with Gasteiger partial charge in [-0.3, -0.25) is 9.59 Å². The summed E-state index contributed by atoms with van der Waals surface area (Å²) in [5, 5.41) is 6.51. The zero-order valence-corrected chi connectivity index (χ0v) is 19.2. The van der Waals surface area contributed by atoms with Crippen molar-refractivity contribution in [2.24, 2.45) is 13.0 Å². The van der Waals surface area contributed by atoms with Crippen LogP contribution in [-0.4, -0.2) is 37.3 Å². The molecule has 1 aromatic heterocycles. The number of amides is 1. The second kappa shape index (κ2) is 10.7. The van der Waals surface area contributed by atoms with E-state index in [0.29, 0.717) is 13.1 Å². The molecule has 0 radical (unpaired) electrons. The van der Waals surface area contributed by atoms with Crippen molar-refractivity contribution in [2.75, 3.05) is 26.8 Å². The number of benzene rings is 1. The summed E-state index contributed by atoms with van der Waals surface area (Å²) in [4.78, 5) is 25.3. The van der Waals surface area contributed by atoms with Crippen molar-refractivity contribution in [3.05, 3.63) is 68.6 Å². The van der Waals surface area contributed by atoms with Gasteiger partial charge in [-0.15, -0.1) is 0 Å². The van der Waals surface area contributed by atoms with Crippen LogP contribution in [0.3, 0.4) is 0 Å². The lowest BCUT2D eigenvalue weighted by molar-refractivity contribution is -0.126. The Morgan fingerprint density at radius 3 is 2.84 bits per heavy atom. The molecular weight excluding hydrogens is 390 g/mol. The lowest BCUT2D eigenvalue weighted by Crippen LogP contribution is -2.44. The number of methoxy groups -OCH3 is 1. The monoisotopic (exact) mass is 425 g/mol. The van der Waals surface area contributed by atoms with Gasteiger partial charge < -0.3 is 19.9 Å². The van der Waals surface area contributed by atoms with Crippen LogP contribution in [0.15, 0.2) is 35.3 Å². The number of rotatable bonds is 8. The predicted octanol–water partition coefficient (Wildman–Crippen LogP) is 2.59. The van der Waals surface area contributed by atoms with Gasteiger partial charge in [0.25, 0.3) is 5.56 Å². The molecule has 2 N–H and O–H groups in total. The van der Waals surface area contributed by atoms with Gasteiger partial charge in [0.15, 0.2) is 0 Å². The van der Waals surface area contributed by atoms with E-state index in [4.69, 9.17) is 4.74 Å². The van der Waals surface area contributed by atoms with Gasteiger partial charge >= 0.3 is 0 Å². The Labute approximate surface area is 185 Å². The Morgan fingerprint density at radius 1 is 1.29 bits per heavy atom. The Hall–Kier alpha value is -2.44. The van der Waals surface area contributed by atoms with E-state index in [1.807, 2.05) is 6.07 Å². The molecule has 0 spiro atoms. The molecular formula is C25H35N3O3. The topological polar surface area (TPSA) is 72.4 Å². The Kier molecular flexibility index (Phi) is 8.04. The van der Waals surface area contributed by atoms with Gasteiger partial charge in [-0.2, -0.15) is 0 Å². The quantitative estimate of drug-likeness (QED) is 0.638. The molecule has 1 saturated heterocycles. The van der Waals surface area contributed by atoms with Gasteiger partial charge in [0.2, 0.25) is 5.91 Å². The van der Waals surface area contributed by atoms with E-state index in [2.05, 4.69) is 36.6 Å². The van der Waals surface area contributed by atoms with Crippen molar-refractivity contribution in [1.82, 2.24) is 15.2 Å². The highest BCUT2D eigenvalue weighted by molar-refractivity contribution is 5.80. The first kappa shape index (κ1) is 23.2. The van der Waals surface area contributed by atoms with E-state index >= 15 is 0 Å². The molecule has 1 fully saturated rings. The standard InChI is InChI=1S/C25H35N3O3/c1-17-12-19(6-5-11-31-4)13-21(18(17)2)15-27-25(30)23-16-26-9-7-22(23)20-8-10-28(3)24(29)14-20/h8,10,12-14,22-23,26H,5-7,9,11,15-16H2,1-4H3,(H,27,30). The maximum Gasteiger partial charge on any atom is 0.250 e. The molecule has 0 bridgehead atoms.